The molecule has 4 nitrogen and oxygen atoms in total. The van der Waals surface area contributed by atoms with Crippen LogP contribution in [0, 0.1) is 0 Å². The Morgan fingerprint density at radius 1 is 1.35 bits per heavy atom. The zero-order valence-electron chi connectivity index (χ0n) is 10.2. The molecule has 1 aromatic carbocycles. The highest BCUT2D eigenvalue weighted by Gasteiger charge is 2.16. The number of hydrogen-bond acceptors (Lipinski definition) is 3. The summed E-state index contributed by atoms with van der Waals surface area (Å²) in [7, 11) is 1.85. The highest BCUT2D eigenvalue weighted by Crippen LogP contribution is 2.38. The predicted octanol–water partition coefficient (Wildman–Crippen LogP) is 4.31. The molecule has 2 heterocycles. The molecular formula is C13H8Cl2N2O2S. The van der Waals surface area contributed by atoms with E-state index in [-0.39, 0.29) is 5.56 Å². The van der Waals surface area contributed by atoms with E-state index in [9.17, 15) is 4.79 Å². The minimum Gasteiger partial charge on any atom is -0.478 e. The molecule has 3 aromatic rings. The van der Waals surface area contributed by atoms with Gasteiger partial charge >= 0.3 is 5.97 Å². The van der Waals surface area contributed by atoms with Gasteiger partial charge in [0, 0.05) is 12.6 Å². The third kappa shape index (κ3) is 2.08. The number of aromatic nitrogens is 2. The zero-order chi connectivity index (χ0) is 14.4. The fraction of sp³-hybridized carbons (Fsp3) is 0.0769. The van der Waals surface area contributed by atoms with Crippen LogP contribution in [0.2, 0.25) is 8.67 Å². The van der Waals surface area contributed by atoms with Gasteiger partial charge in [-0.1, -0.05) is 23.2 Å². The Morgan fingerprint density at radius 2 is 2.10 bits per heavy atom. The number of carboxylic acid groups (broad SMARTS) is 1. The molecule has 20 heavy (non-hydrogen) atoms. The van der Waals surface area contributed by atoms with Gasteiger partial charge in [0.05, 0.1) is 20.9 Å². The van der Waals surface area contributed by atoms with Gasteiger partial charge in [0.1, 0.15) is 10.2 Å². The Balaban J connectivity index is 2.25. The number of aryl methyl sites for hydroxylation is 1. The first-order valence-electron chi connectivity index (χ1n) is 5.62. The van der Waals surface area contributed by atoms with Crippen LogP contribution in [0.1, 0.15) is 10.4 Å². The Bertz CT molecular complexity index is 838. The van der Waals surface area contributed by atoms with E-state index in [4.69, 9.17) is 28.3 Å². The van der Waals surface area contributed by atoms with E-state index in [0.717, 1.165) is 11.1 Å². The second-order valence-electron chi connectivity index (χ2n) is 4.24. The lowest BCUT2D eigenvalue weighted by atomic mass is 10.2. The van der Waals surface area contributed by atoms with Crippen LogP contribution in [0.5, 0.6) is 0 Å². The van der Waals surface area contributed by atoms with Crippen molar-refractivity contribution in [2.45, 2.75) is 0 Å². The number of carboxylic acids is 1. The summed E-state index contributed by atoms with van der Waals surface area (Å²) >= 11 is 13.4. The third-order valence-corrected chi connectivity index (χ3v) is 4.51. The smallest absolute Gasteiger partial charge is 0.335 e. The average molecular weight is 327 g/mol. The van der Waals surface area contributed by atoms with Crippen LogP contribution in [0.3, 0.4) is 0 Å². The van der Waals surface area contributed by atoms with Crippen molar-refractivity contribution in [2.24, 2.45) is 7.05 Å². The first kappa shape index (κ1) is 13.4. The fourth-order valence-electron chi connectivity index (χ4n) is 2.07. The topological polar surface area (TPSA) is 55.1 Å². The molecule has 0 atom stereocenters. The van der Waals surface area contributed by atoms with Gasteiger partial charge in [-0.3, -0.25) is 0 Å². The van der Waals surface area contributed by atoms with Crippen LogP contribution in [-0.2, 0) is 7.05 Å². The van der Waals surface area contributed by atoms with Gasteiger partial charge in [0.2, 0.25) is 0 Å². The summed E-state index contributed by atoms with van der Waals surface area (Å²) in [5, 5.41) is 9.01. The minimum atomic E-state index is -0.976. The lowest BCUT2D eigenvalue weighted by molar-refractivity contribution is 0.0697. The fourth-order valence-corrected chi connectivity index (χ4v) is 3.52. The normalized spacial score (nSPS) is 11.2. The molecule has 0 spiro atoms. The summed E-state index contributed by atoms with van der Waals surface area (Å²) in [4.78, 5) is 15.5. The van der Waals surface area contributed by atoms with E-state index in [1.54, 1.807) is 24.3 Å². The molecule has 1 N–H and O–H groups in total. The molecular weight excluding hydrogens is 319 g/mol. The number of hydrogen-bond donors (Lipinski definition) is 1. The van der Waals surface area contributed by atoms with Crippen molar-refractivity contribution in [3.05, 3.63) is 38.5 Å². The van der Waals surface area contributed by atoms with Crippen LogP contribution in [0.25, 0.3) is 22.4 Å². The lowest BCUT2D eigenvalue weighted by Gasteiger charge is -2.00. The molecule has 0 fully saturated rings. The summed E-state index contributed by atoms with van der Waals surface area (Å²) < 4.78 is 3.01. The largest absolute Gasteiger partial charge is 0.478 e. The average Bonchev–Trinajstić information content (AvgIpc) is 2.89. The number of fused-ring (bicyclic) bond motifs is 1. The number of imidazole rings is 1. The van der Waals surface area contributed by atoms with Gasteiger partial charge in [0.25, 0.3) is 0 Å². The maximum atomic E-state index is 11.0. The summed E-state index contributed by atoms with van der Waals surface area (Å²) in [5.41, 5.74) is 2.40. The van der Waals surface area contributed by atoms with Crippen molar-refractivity contribution in [2.75, 3.05) is 0 Å². The van der Waals surface area contributed by atoms with E-state index < -0.39 is 5.97 Å². The zero-order valence-corrected chi connectivity index (χ0v) is 12.6. The number of nitrogens with zero attached hydrogens (tertiary/aromatic N) is 2. The highest BCUT2D eigenvalue weighted by atomic mass is 35.5. The summed E-state index contributed by atoms with van der Waals surface area (Å²) in [6, 6.07) is 6.59. The molecule has 0 aliphatic heterocycles. The van der Waals surface area contributed by atoms with Gasteiger partial charge in [-0.2, -0.15) is 0 Å². The van der Waals surface area contributed by atoms with Crippen LogP contribution in [-0.4, -0.2) is 20.6 Å². The van der Waals surface area contributed by atoms with Crippen molar-refractivity contribution in [3.8, 4) is 11.4 Å². The maximum Gasteiger partial charge on any atom is 0.335 e. The number of rotatable bonds is 2. The highest BCUT2D eigenvalue weighted by molar-refractivity contribution is 7.20. The number of aromatic carboxylic acids is 1. The molecule has 0 amide bonds. The van der Waals surface area contributed by atoms with E-state index in [0.29, 0.717) is 20.0 Å². The molecule has 0 radical (unpaired) electrons. The standard InChI is InChI=1S/C13H8Cl2N2O2S/c1-17-9-3-2-6(13(18)19)4-8(9)16-12(17)7-5-10(14)20-11(7)15/h2-5H,1H3,(H,18,19). The summed E-state index contributed by atoms with van der Waals surface area (Å²) in [5.74, 6) is -0.314. The van der Waals surface area contributed by atoms with Gasteiger partial charge < -0.3 is 9.67 Å². The van der Waals surface area contributed by atoms with Crippen molar-refractivity contribution in [1.82, 2.24) is 9.55 Å². The molecule has 0 bridgehead atoms. The quantitative estimate of drug-likeness (QED) is 0.763. The second-order valence-corrected chi connectivity index (χ2v) is 6.53. The summed E-state index contributed by atoms with van der Waals surface area (Å²) in [6.07, 6.45) is 0. The number of carbonyl (C=O) groups is 1. The van der Waals surface area contributed by atoms with Crippen LogP contribution < -0.4 is 0 Å². The first-order chi connectivity index (χ1) is 9.47. The van der Waals surface area contributed by atoms with E-state index >= 15 is 0 Å². The van der Waals surface area contributed by atoms with Gasteiger partial charge in [-0.25, -0.2) is 9.78 Å². The molecule has 0 aliphatic carbocycles. The van der Waals surface area contributed by atoms with Crippen LogP contribution >= 0.6 is 34.5 Å². The Morgan fingerprint density at radius 3 is 2.70 bits per heavy atom. The van der Waals surface area contributed by atoms with E-state index in [1.807, 2.05) is 11.6 Å². The van der Waals surface area contributed by atoms with Gasteiger partial charge in [-0.15, -0.1) is 11.3 Å². The van der Waals surface area contributed by atoms with Gasteiger partial charge in [0.15, 0.2) is 0 Å². The molecule has 102 valence electrons. The van der Waals surface area contributed by atoms with E-state index in [2.05, 4.69) is 4.98 Å². The molecule has 0 saturated carbocycles. The summed E-state index contributed by atoms with van der Waals surface area (Å²) in [6.45, 7) is 0. The number of thiophene rings is 1. The SMILES string of the molecule is Cn1c(-c2cc(Cl)sc2Cl)nc2cc(C(=O)O)ccc21. The third-order valence-electron chi connectivity index (χ3n) is 3.03. The molecule has 0 unspecified atom stereocenters. The van der Waals surface area contributed by atoms with Crippen molar-refractivity contribution >= 4 is 51.5 Å². The maximum absolute atomic E-state index is 11.0. The molecule has 3 rings (SSSR count). The molecule has 2 aromatic heterocycles. The molecule has 7 heteroatoms. The predicted molar refractivity (Wildman–Crippen MR) is 81.0 cm³/mol. The monoisotopic (exact) mass is 326 g/mol. The Kier molecular flexibility index (Phi) is 3.20. The molecule has 0 saturated heterocycles. The second kappa shape index (κ2) is 4.77. The van der Waals surface area contributed by atoms with Crippen LogP contribution in [0.4, 0.5) is 0 Å². The molecule has 0 aliphatic rings. The Labute approximate surface area is 128 Å². The number of benzene rings is 1. The van der Waals surface area contributed by atoms with Gasteiger partial charge in [-0.05, 0) is 24.3 Å². The van der Waals surface area contributed by atoms with Crippen molar-refractivity contribution in [1.29, 1.82) is 0 Å². The Hall–Kier alpha value is -1.56. The number of halogens is 2. The van der Waals surface area contributed by atoms with Crippen molar-refractivity contribution in [3.63, 3.8) is 0 Å². The minimum absolute atomic E-state index is 0.205. The van der Waals surface area contributed by atoms with E-state index in [1.165, 1.54) is 11.3 Å². The lowest BCUT2D eigenvalue weighted by Crippen LogP contribution is -1.95. The van der Waals surface area contributed by atoms with Crippen LogP contribution in [0.15, 0.2) is 24.3 Å². The van der Waals surface area contributed by atoms with Crippen molar-refractivity contribution < 1.29 is 9.90 Å². The first-order valence-corrected chi connectivity index (χ1v) is 7.19.